The number of methoxy groups -OCH3 is 1. The highest BCUT2D eigenvalue weighted by molar-refractivity contribution is 6.07. The number of ether oxygens (including phenoxy) is 1. The first kappa shape index (κ1) is 15.8. The maximum absolute atomic E-state index is 12.4. The molecule has 1 atom stereocenters. The molecule has 0 radical (unpaired) electrons. The first-order valence-electron chi connectivity index (χ1n) is 6.99. The molecule has 1 heterocycles. The lowest BCUT2D eigenvalue weighted by Crippen LogP contribution is -2.24. The lowest BCUT2D eigenvalue weighted by molar-refractivity contribution is 0.103. The fourth-order valence-corrected chi connectivity index (χ4v) is 2.04. The lowest BCUT2D eigenvalue weighted by Gasteiger charge is -2.13. The number of rotatable bonds is 5. The average Bonchev–Trinajstić information content (AvgIpc) is 2.54. The van der Waals surface area contributed by atoms with Crippen LogP contribution in [0.1, 0.15) is 47.9 Å². The van der Waals surface area contributed by atoms with Gasteiger partial charge in [0.25, 0.3) is 5.56 Å². The molecule has 2 aromatic rings. The summed E-state index contributed by atoms with van der Waals surface area (Å²) >= 11 is 0. The molecule has 6 nitrogen and oxygen atoms in total. The molecule has 0 aliphatic carbocycles. The number of phenols is 1. The Hall–Kier alpha value is -2.63. The van der Waals surface area contributed by atoms with E-state index in [1.807, 2.05) is 13.8 Å². The number of ketones is 1. The van der Waals surface area contributed by atoms with Crippen molar-refractivity contribution in [1.29, 1.82) is 0 Å². The SMILES string of the molecule is CC[C@H](C)c1[nH]c(=O)c(C(=O)c2ccc(O)cc2)nc1OC. The van der Waals surface area contributed by atoms with Crippen molar-refractivity contribution in [3.05, 3.63) is 51.6 Å². The van der Waals surface area contributed by atoms with Crippen molar-refractivity contribution in [2.75, 3.05) is 7.11 Å². The van der Waals surface area contributed by atoms with Crippen LogP contribution >= 0.6 is 0 Å². The van der Waals surface area contributed by atoms with Gasteiger partial charge < -0.3 is 14.8 Å². The lowest BCUT2D eigenvalue weighted by atomic mass is 10.0. The van der Waals surface area contributed by atoms with E-state index in [-0.39, 0.29) is 28.8 Å². The summed E-state index contributed by atoms with van der Waals surface area (Å²) in [4.78, 5) is 31.3. The van der Waals surface area contributed by atoms with Gasteiger partial charge in [0.05, 0.1) is 12.8 Å². The third kappa shape index (κ3) is 3.00. The second kappa shape index (κ2) is 6.43. The summed E-state index contributed by atoms with van der Waals surface area (Å²) in [6.07, 6.45) is 0.805. The summed E-state index contributed by atoms with van der Waals surface area (Å²) in [5, 5.41) is 9.26. The number of aromatic hydroxyl groups is 1. The van der Waals surface area contributed by atoms with Gasteiger partial charge in [0.15, 0.2) is 5.69 Å². The zero-order valence-corrected chi connectivity index (χ0v) is 12.7. The highest BCUT2D eigenvalue weighted by Gasteiger charge is 2.21. The van der Waals surface area contributed by atoms with Gasteiger partial charge in [0, 0.05) is 11.5 Å². The van der Waals surface area contributed by atoms with Crippen molar-refractivity contribution >= 4 is 5.78 Å². The largest absolute Gasteiger partial charge is 0.508 e. The van der Waals surface area contributed by atoms with E-state index in [9.17, 15) is 14.7 Å². The van der Waals surface area contributed by atoms with Gasteiger partial charge in [-0.3, -0.25) is 9.59 Å². The Labute approximate surface area is 127 Å². The summed E-state index contributed by atoms with van der Waals surface area (Å²) < 4.78 is 5.20. The molecule has 2 N–H and O–H groups in total. The minimum Gasteiger partial charge on any atom is -0.508 e. The van der Waals surface area contributed by atoms with Gasteiger partial charge in [-0.15, -0.1) is 0 Å². The first-order valence-corrected chi connectivity index (χ1v) is 6.99. The molecule has 116 valence electrons. The molecular weight excluding hydrogens is 284 g/mol. The van der Waals surface area contributed by atoms with Crippen LogP contribution in [0.2, 0.25) is 0 Å². The Bertz CT molecular complexity index is 735. The number of hydrogen-bond donors (Lipinski definition) is 2. The molecule has 0 aliphatic rings. The maximum atomic E-state index is 12.4. The molecule has 0 unspecified atom stereocenters. The topological polar surface area (TPSA) is 92.3 Å². The van der Waals surface area contributed by atoms with Crippen LogP contribution in [0, 0.1) is 0 Å². The number of aromatic nitrogens is 2. The maximum Gasteiger partial charge on any atom is 0.278 e. The second-order valence-electron chi connectivity index (χ2n) is 5.02. The molecule has 0 bridgehead atoms. The number of carbonyl (C=O) groups excluding carboxylic acids is 1. The summed E-state index contributed by atoms with van der Waals surface area (Å²) in [7, 11) is 1.45. The molecule has 0 saturated heterocycles. The van der Waals surface area contributed by atoms with Gasteiger partial charge in [0.1, 0.15) is 5.75 Å². The van der Waals surface area contributed by atoms with Gasteiger partial charge in [-0.25, -0.2) is 4.98 Å². The predicted octanol–water partition coefficient (Wildman–Crippen LogP) is 2.23. The summed E-state index contributed by atoms with van der Waals surface area (Å²) in [6.45, 7) is 3.93. The van der Waals surface area contributed by atoms with Gasteiger partial charge in [-0.05, 0) is 30.7 Å². The Balaban J connectivity index is 2.50. The third-order valence-electron chi connectivity index (χ3n) is 3.55. The fourth-order valence-electron chi connectivity index (χ4n) is 2.04. The number of aromatic amines is 1. The molecule has 2 rings (SSSR count). The van der Waals surface area contributed by atoms with E-state index in [1.54, 1.807) is 0 Å². The van der Waals surface area contributed by atoms with Crippen molar-refractivity contribution in [2.24, 2.45) is 0 Å². The number of nitrogens with zero attached hydrogens (tertiary/aromatic N) is 1. The fraction of sp³-hybridized carbons (Fsp3) is 0.312. The van der Waals surface area contributed by atoms with Gasteiger partial charge in [-0.1, -0.05) is 13.8 Å². The Morgan fingerprint density at radius 2 is 2.00 bits per heavy atom. The number of nitrogens with one attached hydrogen (secondary N) is 1. The molecule has 0 fully saturated rings. The monoisotopic (exact) mass is 302 g/mol. The van der Waals surface area contributed by atoms with Crippen molar-refractivity contribution in [1.82, 2.24) is 9.97 Å². The summed E-state index contributed by atoms with van der Waals surface area (Å²) in [6, 6.07) is 5.64. The van der Waals surface area contributed by atoms with Crippen LogP contribution in [0.3, 0.4) is 0 Å². The summed E-state index contributed by atoms with van der Waals surface area (Å²) in [5.74, 6) is -0.164. The van der Waals surface area contributed by atoms with Crippen LogP contribution in [0.4, 0.5) is 0 Å². The number of hydrogen-bond acceptors (Lipinski definition) is 5. The van der Waals surface area contributed by atoms with Crippen molar-refractivity contribution in [3.8, 4) is 11.6 Å². The van der Waals surface area contributed by atoms with E-state index >= 15 is 0 Å². The molecule has 22 heavy (non-hydrogen) atoms. The Kier molecular flexibility index (Phi) is 4.60. The van der Waals surface area contributed by atoms with Crippen LogP contribution in [-0.2, 0) is 0 Å². The first-order chi connectivity index (χ1) is 10.5. The van der Waals surface area contributed by atoms with Crippen molar-refractivity contribution < 1.29 is 14.6 Å². The minimum atomic E-state index is -0.547. The molecule has 0 spiro atoms. The van der Waals surface area contributed by atoms with Gasteiger partial charge in [-0.2, -0.15) is 0 Å². The van der Waals surface area contributed by atoms with Crippen LogP contribution in [0.5, 0.6) is 11.6 Å². The van der Waals surface area contributed by atoms with Crippen LogP contribution in [-0.4, -0.2) is 28.0 Å². The number of H-pyrrole nitrogens is 1. The number of benzene rings is 1. The minimum absolute atomic E-state index is 0.0446. The standard InChI is InChI=1S/C16H18N2O4/c1-4-9(2)12-16(22-3)18-13(15(21)17-12)14(20)10-5-7-11(19)8-6-10/h5-9,19H,4H2,1-3H3,(H,17,21)/t9-/m0/s1. The molecular formula is C16H18N2O4. The molecule has 1 aromatic carbocycles. The van der Waals surface area contributed by atoms with Gasteiger partial charge >= 0.3 is 0 Å². The summed E-state index contributed by atoms with van der Waals surface area (Å²) in [5.41, 5.74) is 0.0789. The zero-order chi connectivity index (χ0) is 16.3. The van der Waals surface area contributed by atoms with E-state index < -0.39 is 11.3 Å². The van der Waals surface area contributed by atoms with E-state index in [0.29, 0.717) is 5.69 Å². The quantitative estimate of drug-likeness (QED) is 0.826. The molecule has 1 aromatic heterocycles. The number of carbonyl (C=O) groups is 1. The Morgan fingerprint density at radius 1 is 1.36 bits per heavy atom. The third-order valence-corrected chi connectivity index (χ3v) is 3.55. The van der Waals surface area contributed by atoms with E-state index in [4.69, 9.17) is 4.74 Å². The van der Waals surface area contributed by atoms with Crippen LogP contribution in [0.25, 0.3) is 0 Å². The molecule has 6 heteroatoms. The van der Waals surface area contributed by atoms with E-state index in [0.717, 1.165) is 6.42 Å². The zero-order valence-electron chi connectivity index (χ0n) is 12.7. The van der Waals surface area contributed by atoms with Gasteiger partial charge in [0.2, 0.25) is 11.7 Å². The predicted molar refractivity (Wildman–Crippen MR) is 81.7 cm³/mol. The van der Waals surface area contributed by atoms with Crippen molar-refractivity contribution in [3.63, 3.8) is 0 Å². The number of phenolic OH excluding ortho intramolecular Hbond substituents is 1. The smallest absolute Gasteiger partial charge is 0.278 e. The normalized spacial score (nSPS) is 12.0. The van der Waals surface area contributed by atoms with Crippen LogP contribution in [0.15, 0.2) is 29.1 Å². The van der Waals surface area contributed by atoms with E-state index in [2.05, 4.69) is 9.97 Å². The average molecular weight is 302 g/mol. The van der Waals surface area contributed by atoms with E-state index in [1.165, 1.54) is 31.4 Å². The molecule has 0 aliphatic heterocycles. The highest BCUT2D eigenvalue weighted by Crippen LogP contribution is 2.24. The molecule has 0 amide bonds. The van der Waals surface area contributed by atoms with Crippen LogP contribution < -0.4 is 10.3 Å². The Morgan fingerprint density at radius 3 is 2.55 bits per heavy atom. The van der Waals surface area contributed by atoms with Crippen molar-refractivity contribution in [2.45, 2.75) is 26.2 Å². The second-order valence-corrected chi connectivity index (χ2v) is 5.02. The molecule has 0 saturated carbocycles. The highest BCUT2D eigenvalue weighted by atomic mass is 16.5.